The van der Waals surface area contributed by atoms with E-state index in [4.69, 9.17) is 31.4 Å². The summed E-state index contributed by atoms with van der Waals surface area (Å²) in [6.45, 7) is 0.872. The van der Waals surface area contributed by atoms with E-state index < -0.39 is 11.9 Å². The van der Waals surface area contributed by atoms with E-state index in [1.807, 2.05) is 30.5 Å². The molecule has 0 atom stereocenters. The van der Waals surface area contributed by atoms with Crippen LogP contribution in [0.2, 0.25) is 5.02 Å². The van der Waals surface area contributed by atoms with Crippen molar-refractivity contribution in [2.24, 2.45) is 0 Å². The molecule has 0 unspecified atom stereocenters. The zero-order valence-corrected chi connectivity index (χ0v) is 14.6. The minimum Gasteiger partial charge on any atom is -0.473 e. The molecule has 1 heterocycles. The van der Waals surface area contributed by atoms with Crippen LogP contribution in [0, 0.1) is 0 Å². The molecule has 0 bridgehead atoms. The highest BCUT2D eigenvalue weighted by Gasteiger charge is 2.06. The molecular formula is C18H19ClN2O4. The van der Waals surface area contributed by atoms with Crippen LogP contribution in [0.4, 0.5) is 0 Å². The van der Waals surface area contributed by atoms with E-state index in [1.54, 1.807) is 6.20 Å². The van der Waals surface area contributed by atoms with Crippen LogP contribution in [0.5, 0.6) is 0 Å². The second-order valence-electron chi connectivity index (χ2n) is 5.24. The van der Waals surface area contributed by atoms with Gasteiger partial charge in [-0.05, 0) is 43.4 Å². The minimum absolute atomic E-state index is 0.747. The molecule has 0 aliphatic rings. The van der Waals surface area contributed by atoms with Crippen LogP contribution >= 0.6 is 11.6 Å². The first kappa shape index (κ1) is 20.3. The van der Waals surface area contributed by atoms with Crippen LogP contribution in [0.25, 0.3) is 5.57 Å². The van der Waals surface area contributed by atoms with Crippen molar-refractivity contribution < 1.29 is 19.8 Å². The molecule has 0 radical (unpaired) electrons. The fraction of sp³-hybridized carbons (Fsp3) is 0.167. The van der Waals surface area contributed by atoms with E-state index in [-0.39, 0.29) is 0 Å². The highest BCUT2D eigenvalue weighted by Crippen LogP contribution is 2.24. The van der Waals surface area contributed by atoms with E-state index >= 15 is 0 Å². The van der Waals surface area contributed by atoms with Crippen LogP contribution < -0.4 is 0 Å². The number of aromatic nitrogens is 1. The number of rotatable bonds is 4. The highest BCUT2D eigenvalue weighted by molar-refractivity contribution is 6.30. The van der Waals surface area contributed by atoms with Gasteiger partial charge < -0.3 is 15.1 Å². The summed E-state index contributed by atoms with van der Waals surface area (Å²) in [5.41, 5.74) is 3.37. The molecule has 0 saturated heterocycles. The second-order valence-corrected chi connectivity index (χ2v) is 5.68. The molecule has 2 aromatic rings. The lowest BCUT2D eigenvalue weighted by molar-refractivity contribution is -0.159. The third-order valence-corrected chi connectivity index (χ3v) is 3.19. The van der Waals surface area contributed by atoms with Gasteiger partial charge in [0.05, 0.1) is 0 Å². The Morgan fingerprint density at radius 1 is 1.12 bits per heavy atom. The maximum Gasteiger partial charge on any atom is 0.414 e. The molecule has 25 heavy (non-hydrogen) atoms. The van der Waals surface area contributed by atoms with Crippen LogP contribution in [0.15, 0.2) is 54.9 Å². The smallest absolute Gasteiger partial charge is 0.414 e. The maximum absolute atomic E-state index is 9.10. The Bertz CT molecular complexity index is 734. The van der Waals surface area contributed by atoms with E-state index in [9.17, 15) is 0 Å². The number of carboxylic acid groups (broad SMARTS) is 2. The summed E-state index contributed by atoms with van der Waals surface area (Å²) in [7, 11) is 4.10. The number of pyridine rings is 1. The summed E-state index contributed by atoms with van der Waals surface area (Å²) in [5.74, 6) is -3.65. The number of benzene rings is 1. The number of hydrogen-bond acceptors (Lipinski definition) is 4. The number of halogens is 1. The summed E-state index contributed by atoms with van der Waals surface area (Å²) < 4.78 is 0. The monoisotopic (exact) mass is 362 g/mol. The maximum atomic E-state index is 9.10. The highest BCUT2D eigenvalue weighted by atomic mass is 35.5. The molecule has 7 heteroatoms. The lowest BCUT2D eigenvalue weighted by Gasteiger charge is -2.11. The Morgan fingerprint density at radius 3 is 2.24 bits per heavy atom. The Labute approximate surface area is 151 Å². The van der Waals surface area contributed by atoms with Crippen molar-refractivity contribution in [1.29, 1.82) is 0 Å². The van der Waals surface area contributed by atoms with Gasteiger partial charge in [0.25, 0.3) is 0 Å². The third kappa shape index (κ3) is 7.60. The average Bonchev–Trinajstić information content (AvgIpc) is 2.56. The van der Waals surface area contributed by atoms with Gasteiger partial charge in [0.1, 0.15) is 0 Å². The van der Waals surface area contributed by atoms with Gasteiger partial charge in [-0.3, -0.25) is 4.98 Å². The summed E-state index contributed by atoms with van der Waals surface area (Å²) in [6.07, 6.45) is 5.86. The molecule has 0 saturated carbocycles. The van der Waals surface area contributed by atoms with Gasteiger partial charge in [0, 0.05) is 29.5 Å². The molecule has 0 spiro atoms. The van der Waals surface area contributed by atoms with E-state index in [0.29, 0.717) is 0 Å². The zero-order chi connectivity index (χ0) is 18.8. The van der Waals surface area contributed by atoms with Crippen molar-refractivity contribution >= 4 is 29.1 Å². The van der Waals surface area contributed by atoms with Gasteiger partial charge in [0.2, 0.25) is 0 Å². The SMILES string of the molecule is CN(C)C/C=C(\c1cccnc1)c1cccc(Cl)c1.O=C(O)C(=O)O. The molecular weight excluding hydrogens is 344 g/mol. The molecule has 0 amide bonds. The largest absolute Gasteiger partial charge is 0.473 e. The number of carboxylic acids is 2. The van der Waals surface area contributed by atoms with Gasteiger partial charge in [-0.1, -0.05) is 35.9 Å². The van der Waals surface area contributed by atoms with Gasteiger partial charge >= 0.3 is 11.9 Å². The Morgan fingerprint density at radius 2 is 1.76 bits per heavy atom. The molecule has 2 N–H and O–H groups in total. The molecule has 1 aromatic heterocycles. The topological polar surface area (TPSA) is 90.7 Å². The fourth-order valence-electron chi connectivity index (χ4n) is 1.85. The zero-order valence-electron chi connectivity index (χ0n) is 13.9. The van der Waals surface area contributed by atoms with Crippen molar-refractivity contribution in [2.45, 2.75) is 0 Å². The first-order valence-corrected chi connectivity index (χ1v) is 7.66. The lowest BCUT2D eigenvalue weighted by atomic mass is 9.99. The summed E-state index contributed by atoms with van der Waals surface area (Å²) in [4.78, 5) is 24.5. The van der Waals surface area contributed by atoms with Crippen LogP contribution in [-0.2, 0) is 9.59 Å². The quantitative estimate of drug-likeness (QED) is 0.813. The predicted octanol–water partition coefficient (Wildman–Crippen LogP) is 2.88. The van der Waals surface area contributed by atoms with Crippen molar-refractivity contribution in [3.05, 3.63) is 71.0 Å². The molecule has 2 rings (SSSR count). The molecule has 0 aliphatic heterocycles. The van der Waals surface area contributed by atoms with Crippen LogP contribution in [0.3, 0.4) is 0 Å². The number of hydrogen-bond donors (Lipinski definition) is 2. The predicted molar refractivity (Wildman–Crippen MR) is 96.6 cm³/mol. The average molecular weight is 363 g/mol. The molecule has 0 aliphatic carbocycles. The minimum atomic E-state index is -1.82. The molecule has 0 fully saturated rings. The summed E-state index contributed by atoms with van der Waals surface area (Å²) in [6, 6.07) is 11.9. The third-order valence-electron chi connectivity index (χ3n) is 2.95. The van der Waals surface area contributed by atoms with E-state index in [1.165, 1.54) is 0 Å². The van der Waals surface area contributed by atoms with Crippen molar-refractivity contribution in [3.8, 4) is 0 Å². The van der Waals surface area contributed by atoms with Gasteiger partial charge in [0.15, 0.2) is 0 Å². The molecule has 1 aromatic carbocycles. The van der Waals surface area contributed by atoms with Gasteiger partial charge in [-0.15, -0.1) is 0 Å². The van der Waals surface area contributed by atoms with Crippen molar-refractivity contribution in [3.63, 3.8) is 0 Å². The second kappa shape index (κ2) is 10.2. The Kier molecular flexibility index (Phi) is 8.32. The molecule has 6 nitrogen and oxygen atoms in total. The van der Waals surface area contributed by atoms with Crippen molar-refractivity contribution in [1.82, 2.24) is 9.88 Å². The summed E-state index contributed by atoms with van der Waals surface area (Å²) in [5, 5.41) is 15.5. The van der Waals surface area contributed by atoms with Crippen molar-refractivity contribution in [2.75, 3.05) is 20.6 Å². The number of carbonyl (C=O) groups is 2. The fourth-order valence-corrected chi connectivity index (χ4v) is 2.04. The van der Waals surface area contributed by atoms with E-state index in [2.05, 4.69) is 42.2 Å². The Hall–Kier alpha value is -2.70. The normalized spacial score (nSPS) is 10.8. The van der Waals surface area contributed by atoms with Crippen LogP contribution in [-0.4, -0.2) is 52.7 Å². The number of aliphatic carboxylic acids is 2. The van der Waals surface area contributed by atoms with Gasteiger partial charge in [-0.25, -0.2) is 9.59 Å². The Balaban J connectivity index is 0.000000450. The van der Waals surface area contributed by atoms with E-state index in [0.717, 1.165) is 28.3 Å². The lowest BCUT2D eigenvalue weighted by Crippen LogP contribution is -2.11. The number of nitrogens with zero attached hydrogens (tertiary/aromatic N) is 2. The first-order valence-electron chi connectivity index (χ1n) is 7.28. The standard InChI is InChI=1S/C16H17ClN2.C2H2O4/c1-19(2)10-8-16(14-6-4-9-18-12-14)13-5-3-7-15(17)11-13;3-1(4)2(5)6/h3-9,11-12H,10H2,1-2H3;(H,3,4)(H,5,6)/b16-8-;. The number of likely N-dealkylation sites (N-methyl/N-ethyl adjacent to an activating group) is 1. The summed E-state index contributed by atoms with van der Waals surface area (Å²) >= 11 is 6.09. The molecule has 132 valence electrons. The van der Waals surface area contributed by atoms with Gasteiger partial charge in [-0.2, -0.15) is 0 Å². The van der Waals surface area contributed by atoms with Crippen LogP contribution in [0.1, 0.15) is 11.1 Å². The first-order chi connectivity index (χ1) is 11.8.